The molecule has 9 nitrogen and oxygen atoms in total. The Kier molecular flexibility index (Phi) is 76.4. The van der Waals surface area contributed by atoms with Gasteiger partial charge in [-0.05, 0) is 27.8 Å². The second-order valence-corrected chi connectivity index (χ2v) is 2.40. The molecule has 0 spiro atoms. The first-order valence-corrected chi connectivity index (χ1v) is 4.36. The van der Waals surface area contributed by atoms with Crippen molar-refractivity contribution in [1.82, 2.24) is 5.32 Å². The Balaban J connectivity index is -0.0000000242. The summed E-state index contributed by atoms with van der Waals surface area (Å²) in [5.41, 5.74) is 0. The summed E-state index contributed by atoms with van der Waals surface area (Å²) in [6.45, 7) is 2.96. The molecule has 0 aromatic heterocycles. The van der Waals surface area contributed by atoms with E-state index in [0.717, 1.165) is 20.8 Å². The third kappa shape index (κ3) is 502. The number of rotatable bonds is 2. The first-order chi connectivity index (χ1) is 7.97. The van der Waals surface area contributed by atoms with Crippen LogP contribution in [-0.2, 0) is 19.2 Å². The number of hydrogen-bond acceptors (Lipinski definition) is 8. The molecular weight excluding hydrogens is 319 g/mol. The van der Waals surface area contributed by atoms with Crippen LogP contribution in [0.5, 0.6) is 0 Å². The van der Waals surface area contributed by atoms with E-state index in [4.69, 9.17) is 34.8 Å². The Labute approximate surface area is 189 Å². The van der Waals surface area contributed by atoms with Crippen LogP contribution in [0.2, 0.25) is 0 Å². The van der Waals surface area contributed by atoms with Crippen LogP contribution in [0.3, 0.4) is 0 Å². The Morgan fingerprint density at radius 1 is 0.810 bits per heavy atom. The van der Waals surface area contributed by atoms with Crippen molar-refractivity contribution in [2.75, 3.05) is 13.6 Å². The predicted molar refractivity (Wildman–Crippen MR) is 53.6 cm³/mol. The van der Waals surface area contributed by atoms with E-state index in [1.807, 2.05) is 0 Å². The number of nitrogens with one attached hydrogen (secondary N) is 1. The molecule has 0 saturated heterocycles. The minimum Gasteiger partial charge on any atom is -0.550 e. The molecule has 108 valence electrons. The summed E-state index contributed by atoms with van der Waals surface area (Å²) in [4.78, 5) is 36.2. The Bertz CT molecular complexity index is 223. The number of aliphatic carboxylic acids is 4. The Morgan fingerprint density at radius 3 is 0.952 bits per heavy atom. The summed E-state index contributed by atoms with van der Waals surface area (Å²) in [6.07, 6.45) is 0. The van der Waals surface area contributed by atoms with Gasteiger partial charge in [0.05, 0.1) is 6.54 Å². The van der Waals surface area contributed by atoms with Crippen LogP contribution < -0.4 is 109 Å². The Morgan fingerprint density at radius 2 is 0.952 bits per heavy atom. The maximum absolute atomic E-state index is 9.54. The van der Waals surface area contributed by atoms with Crippen LogP contribution in [0.4, 0.5) is 0 Å². The molecule has 12 heteroatoms. The molecule has 0 unspecified atom stereocenters. The fraction of sp³-hybridized carbons (Fsp3) is 0.556. The van der Waals surface area contributed by atoms with Gasteiger partial charge in [0.1, 0.15) is 0 Å². The molecule has 0 bridgehead atoms. The quantitative estimate of drug-likeness (QED) is 0.465. The standard InChI is InChI=1S/C3H7NO2.3C2H4O2.3Na/c1-4-2-3(5)6;3*1-2(3)4;;;/h4H,2H2,1H3,(H,5,6);3*1H3,(H,3,4);;;/q;;;;3*+1/p-3. The number of carboxylic acid groups (broad SMARTS) is 4. The minimum atomic E-state index is -1.08. The van der Waals surface area contributed by atoms with Gasteiger partial charge < -0.3 is 40.1 Å². The molecule has 0 aliphatic carbocycles. The van der Waals surface area contributed by atoms with Crippen LogP contribution in [0, 0.1) is 0 Å². The molecule has 21 heavy (non-hydrogen) atoms. The average molecular weight is 335 g/mol. The van der Waals surface area contributed by atoms with Gasteiger partial charge in [0.2, 0.25) is 0 Å². The maximum Gasteiger partial charge on any atom is 1.00 e. The third-order valence-corrected chi connectivity index (χ3v) is 0.328. The zero-order valence-corrected chi connectivity index (χ0v) is 19.5. The topological polar surface area (TPSA) is 170 Å². The van der Waals surface area contributed by atoms with E-state index in [1.54, 1.807) is 7.05 Å². The molecule has 0 atom stereocenters. The van der Waals surface area contributed by atoms with E-state index < -0.39 is 23.9 Å². The summed E-state index contributed by atoms with van der Waals surface area (Å²) in [6, 6.07) is 0. The van der Waals surface area contributed by atoms with Gasteiger partial charge in [-0.2, -0.15) is 0 Å². The molecule has 0 heterocycles. The van der Waals surface area contributed by atoms with Crippen molar-refractivity contribution in [3.05, 3.63) is 0 Å². The molecule has 0 radical (unpaired) electrons. The number of carbonyl (C=O) groups is 4. The summed E-state index contributed by atoms with van der Waals surface area (Å²) < 4.78 is 0. The normalized spacial score (nSPS) is 5.90. The first-order valence-electron chi connectivity index (χ1n) is 4.36. The summed E-state index contributed by atoms with van der Waals surface area (Å²) in [5.74, 6) is -4.07. The van der Waals surface area contributed by atoms with Crippen molar-refractivity contribution in [2.24, 2.45) is 0 Å². The maximum atomic E-state index is 9.54. The van der Waals surface area contributed by atoms with Gasteiger partial charge in [-0.1, -0.05) is 0 Å². The van der Waals surface area contributed by atoms with E-state index in [2.05, 4.69) is 5.32 Å². The van der Waals surface area contributed by atoms with E-state index in [1.165, 1.54) is 0 Å². The van der Waals surface area contributed by atoms with Crippen molar-refractivity contribution in [1.29, 1.82) is 0 Å². The molecule has 2 N–H and O–H groups in total. The van der Waals surface area contributed by atoms with Gasteiger partial charge in [-0.15, -0.1) is 0 Å². The van der Waals surface area contributed by atoms with Crippen LogP contribution in [0.1, 0.15) is 20.8 Å². The van der Waals surface area contributed by atoms with Gasteiger partial charge in [-0.25, -0.2) is 0 Å². The van der Waals surface area contributed by atoms with E-state index in [9.17, 15) is 4.79 Å². The van der Waals surface area contributed by atoms with Gasteiger partial charge in [-0.3, -0.25) is 4.79 Å². The minimum absolute atomic E-state index is 0. The van der Waals surface area contributed by atoms with Crippen LogP contribution in [-0.4, -0.2) is 42.6 Å². The van der Waals surface area contributed by atoms with Gasteiger partial charge >= 0.3 is 94.6 Å². The van der Waals surface area contributed by atoms with Gasteiger partial charge in [0.15, 0.2) is 0 Å². The summed E-state index contributed by atoms with van der Waals surface area (Å²) >= 11 is 0. The van der Waals surface area contributed by atoms with Crippen molar-refractivity contribution >= 4 is 23.9 Å². The van der Waals surface area contributed by atoms with Crippen LogP contribution in [0.15, 0.2) is 0 Å². The van der Waals surface area contributed by atoms with Gasteiger partial charge in [0, 0.05) is 17.9 Å². The second-order valence-electron chi connectivity index (χ2n) is 2.40. The zero-order valence-electron chi connectivity index (χ0n) is 13.5. The molecule has 0 aromatic carbocycles. The number of carboxylic acids is 4. The van der Waals surface area contributed by atoms with Crippen LogP contribution in [0.25, 0.3) is 0 Å². The SMILES string of the molecule is CC(=O)[O-].CC(=O)[O-].CC(=O)[O-].CNCC(=O)O.[Na+].[Na+].[Na+]. The number of hydrogen-bond donors (Lipinski definition) is 2. The summed E-state index contributed by atoms with van der Waals surface area (Å²) in [5, 5.41) is 37.0. The fourth-order valence-electron chi connectivity index (χ4n) is 0.151. The molecule has 0 rings (SSSR count). The Hall–Kier alpha value is 0.840. The molecule has 0 fully saturated rings. The third-order valence-electron chi connectivity index (χ3n) is 0.328. The molecule has 0 amide bonds. The second kappa shape index (κ2) is 37.2. The number of carbonyl (C=O) groups excluding carboxylic acids is 3. The molecule has 0 aliphatic heterocycles. The molecule has 0 aliphatic rings. The van der Waals surface area contributed by atoms with Gasteiger partial charge in [0.25, 0.3) is 0 Å². The monoisotopic (exact) mass is 335 g/mol. The van der Waals surface area contributed by atoms with Crippen LogP contribution >= 0.6 is 0 Å². The zero-order chi connectivity index (χ0) is 15.7. The molecular formula is C9H16NNa3O8. The first kappa shape index (κ1) is 43.1. The predicted octanol–water partition coefficient (Wildman–Crippen LogP) is -13.4. The summed E-state index contributed by atoms with van der Waals surface area (Å²) in [7, 11) is 1.59. The fourth-order valence-corrected chi connectivity index (χ4v) is 0.151. The van der Waals surface area contributed by atoms with Crippen molar-refractivity contribution < 1.29 is 128 Å². The number of likely N-dealkylation sites (N-methyl/N-ethyl adjacent to an activating group) is 1. The van der Waals surface area contributed by atoms with E-state index >= 15 is 0 Å². The largest absolute Gasteiger partial charge is 1.00 e. The van der Waals surface area contributed by atoms with E-state index in [0.29, 0.717) is 0 Å². The van der Waals surface area contributed by atoms with Crippen molar-refractivity contribution in [3.8, 4) is 0 Å². The van der Waals surface area contributed by atoms with Crippen molar-refractivity contribution in [2.45, 2.75) is 20.8 Å². The smallest absolute Gasteiger partial charge is 0.550 e. The average Bonchev–Trinajstić information content (AvgIpc) is 1.98. The van der Waals surface area contributed by atoms with Crippen molar-refractivity contribution in [3.63, 3.8) is 0 Å². The van der Waals surface area contributed by atoms with E-state index in [-0.39, 0.29) is 95.2 Å². The molecule has 0 saturated carbocycles. The molecule has 0 aromatic rings.